The molecule has 15 heavy (non-hydrogen) atoms. The number of nitrogens with zero attached hydrogens (tertiary/aromatic N) is 2. The summed E-state index contributed by atoms with van der Waals surface area (Å²) in [5.41, 5.74) is 1.03. The van der Waals surface area contributed by atoms with Gasteiger partial charge in [0.25, 0.3) is 0 Å². The lowest BCUT2D eigenvalue weighted by Gasteiger charge is -1.97. The molecule has 0 bridgehead atoms. The van der Waals surface area contributed by atoms with Crippen LogP contribution in [0, 0.1) is 12.3 Å². The molecule has 4 heteroatoms. The second kappa shape index (κ2) is 3.84. The van der Waals surface area contributed by atoms with Crippen LogP contribution < -0.4 is 4.74 Å². The van der Waals surface area contributed by atoms with E-state index in [1.54, 1.807) is 16.7 Å². The van der Waals surface area contributed by atoms with Gasteiger partial charge in [0.05, 0.1) is 0 Å². The fourth-order valence-electron chi connectivity index (χ4n) is 1.32. The zero-order chi connectivity index (χ0) is 10.7. The first-order valence-corrected chi connectivity index (χ1v) is 4.35. The van der Waals surface area contributed by atoms with E-state index < -0.39 is 0 Å². The van der Waals surface area contributed by atoms with Crippen LogP contribution in [0.15, 0.2) is 24.4 Å². The van der Waals surface area contributed by atoms with Crippen molar-refractivity contribution in [2.45, 2.75) is 0 Å². The number of ether oxygens (including phenoxy) is 1. The number of fused-ring (bicyclic) bond motifs is 1. The number of carbonyl (C=O) groups excluding carboxylic acids is 1. The van der Waals surface area contributed by atoms with E-state index in [0.717, 1.165) is 0 Å². The van der Waals surface area contributed by atoms with Crippen LogP contribution in [0.1, 0.15) is 10.5 Å². The lowest BCUT2D eigenvalue weighted by atomic mass is 10.4. The average Bonchev–Trinajstić information content (AvgIpc) is 2.63. The van der Waals surface area contributed by atoms with E-state index in [0.29, 0.717) is 17.6 Å². The molecule has 2 rings (SSSR count). The fraction of sp³-hybridized carbons (Fsp3) is 0.0909. The van der Waals surface area contributed by atoms with Crippen molar-refractivity contribution in [2.24, 2.45) is 0 Å². The number of imidazole rings is 1. The van der Waals surface area contributed by atoms with Crippen LogP contribution in [0.25, 0.3) is 5.65 Å². The van der Waals surface area contributed by atoms with Crippen molar-refractivity contribution >= 4 is 11.9 Å². The summed E-state index contributed by atoms with van der Waals surface area (Å²) in [7, 11) is 0. The number of pyridine rings is 1. The highest BCUT2D eigenvalue weighted by Crippen LogP contribution is 2.17. The fourth-order valence-corrected chi connectivity index (χ4v) is 1.32. The molecule has 74 valence electrons. The summed E-state index contributed by atoms with van der Waals surface area (Å²) in [6.45, 7) is 0.102. The van der Waals surface area contributed by atoms with Gasteiger partial charge in [0.2, 0.25) is 5.88 Å². The third kappa shape index (κ3) is 1.55. The van der Waals surface area contributed by atoms with E-state index in [1.807, 2.05) is 12.1 Å². The number of aldehydes is 1. The largest absolute Gasteiger partial charge is 0.463 e. The monoisotopic (exact) mass is 200 g/mol. The molecule has 2 aromatic rings. The Morgan fingerprint density at radius 3 is 3.20 bits per heavy atom. The van der Waals surface area contributed by atoms with Gasteiger partial charge in [-0.2, -0.15) is 4.98 Å². The maximum Gasteiger partial charge on any atom is 0.244 e. The Balaban J connectivity index is 2.55. The number of carbonyl (C=O) groups is 1. The lowest BCUT2D eigenvalue weighted by Crippen LogP contribution is -1.97. The van der Waals surface area contributed by atoms with Crippen molar-refractivity contribution in [3.8, 4) is 18.2 Å². The zero-order valence-corrected chi connectivity index (χ0v) is 7.88. The van der Waals surface area contributed by atoms with E-state index in [4.69, 9.17) is 11.2 Å². The molecule has 0 aromatic carbocycles. The molecule has 0 atom stereocenters. The smallest absolute Gasteiger partial charge is 0.244 e. The van der Waals surface area contributed by atoms with Gasteiger partial charge in [-0.1, -0.05) is 12.0 Å². The predicted molar refractivity (Wildman–Crippen MR) is 54.9 cm³/mol. The third-order valence-corrected chi connectivity index (χ3v) is 1.94. The van der Waals surface area contributed by atoms with E-state index in [1.165, 1.54) is 0 Å². The standard InChI is InChI=1S/C11H8N2O2/c1-2-7-15-11-9(8-14)13-6-4-3-5-10(13)12-11/h1,3-6,8H,7H2. The van der Waals surface area contributed by atoms with Crippen molar-refractivity contribution < 1.29 is 9.53 Å². The second-order valence-corrected chi connectivity index (χ2v) is 2.84. The molecule has 0 unspecified atom stereocenters. The first-order chi connectivity index (χ1) is 7.36. The Hall–Kier alpha value is -2.28. The molecule has 0 aliphatic heterocycles. The van der Waals surface area contributed by atoms with Gasteiger partial charge in [-0.05, 0) is 12.1 Å². The molecular formula is C11H8N2O2. The Bertz CT molecular complexity index is 537. The summed E-state index contributed by atoms with van der Waals surface area (Å²) >= 11 is 0. The van der Waals surface area contributed by atoms with Gasteiger partial charge in [0.1, 0.15) is 11.3 Å². The van der Waals surface area contributed by atoms with Crippen molar-refractivity contribution in [2.75, 3.05) is 6.61 Å². The summed E-state index contributed by atoms with van der Waals surface area (Å²) in [6.07, 6.45) is 7.51. The van der Waals surface area contributed by atoms with Crippen LogP contribution in [0.5, 0.6) is 5.88 Å². The minimum Gasteiger partial charge on any atom is -0.463 e. The second-order valence-electron chi connectivity index (χ2n) is 2.84. The summed E-state index contributed by atoms with van der Waals surface area (Å²) in [5.74, 6) is 2.60. The van der Waals surface area contributed by atoms with Crippen LogP contribution in [-0.4, -0.2) is 22.3 Å². The van der Waals surface area contributed by atoms with E-state index in [2.05, 4.69) is 10.9 Å². The van der Waals surface area contributed by atoms with Crippen LogP contribution in [0.2, 0.25) is 0 Å². The molecule has 0 spiro atoms. The molecule has 0 saturated carbocycles. The maximum atomic E-state index is 10.9. The van der Waals surface area contributed by atoms with E-state index in [-0.39, 0.29) is 12.5 Å². The molecule has 0 amide bonds. The topological polar surface area (TPSA) is 43.6 Å². The summed E-state index contributed by atoms with van der Waals surface area (Å²) in [4.78, 5) is 15.0. The number of hydrogen-bond acceptors (Lipinski definition) is 3. The van der Waals surface area contributed by atoms with Crippen molar-refractivity contribution in [1.29, 1.82) is 0 Å². The van der Waals surface area contributed by atoms with Crippen molar-refractivity contribution in [3.05, 3.63) is 30.1 Å². The van der Waals surface area contributed by atoms with Crippen LogP contribution in [0.3, 0.4) is 0 Å². The van der Waals surface area contributed by atoms with E-state index in [9.17, 15) is 4.79 Å². The van der Waals surface area contributed by atoms with Crippen molar-refractivity contribution in [3.63, 3.8) is 0 Å². The minimum absolute atomic E-state index is 0.102. The first kappa shape index (κ1) is 9.28. The van der Waals surface area contributed by atoms with Crippen LogP contribution in [0.4, 0.5) is 0 Å². The summed E-state index contributed by atoms with van der Waals surface area (Å²) in [6, 6.07) is 5.43. The Labute approximate surface area is 86.5 Å². The molecule has 0 radical (unpaired) electrons. The minimum atomic E-state index is 0.102. The zero-order valence-electron chi connectivity index (χ0n) is 7.88. The molecule has 0 N–H and O–H groups in total. The molecular weight excluding hydrogens is 192 g/mol. The van der Waals surface area contributed by atoms with Gasteiger partial charge >= 0.3 is 0 Å². The molecule has 2 aromatic heterocycles. The highest BCUT2D eigenvalue weighted by molar-refractivity contribution is 5.78. The Morgan fingerprint density at radius 1 is 1.60 bits per heavy atom. The van der Waals surface area contributed by atoms with Gasteiger partial charge in [-0.15, -0.1) is 6.42 Å². The quantitative estimate of drug-likeness (QED) is 0.551. The van der Waals surface area contributed by atoms with Crippen LogP contribution in [-0.2, 0) is 0 Å². The third-order valence-electron chi connectivity index (χ3n) is 1.94. The summed E-state index contributed by atoms with van der Waals surface area (Å²) in [5, 5.41) is 0. The Kier molecular flexibility index (Phi) is 2.38. The van der Waals surface area contributed by atoms with E-state index >= 15 is 0 Å². The highest BCUT2D eigenvalue weighted by Gasteiger charge is 2.11. The molecule has 0 aliphatic carbocycles. The number of aromatic nitrogens is 2. The maximum absolute atomic E-state index is 10.9. The molecule has 0 fully saturated rings. The van der Waals surface area contributed by atoms with Gasteiger partial charge < -0.3 is 4.74 Å². The molecule has 4 nitrogen and oxygen atoms in total. The summed E-state index contributed by atoms with van der Waals surface area (Å²) < 4.78 is 6.81. The molecule has 0 aliphatic rings. The molecule has 2 heterocycles. The number of hydrogen-bond donors (Lipinski definition) is 0. The number of rotatable bonds is 3. The van der Waals surface area contributed by atoms with Gasteiger partial charge in [-0.25, -0.2) is 0 Å². The van der Waals surface area contributed by atoms with Gasteiger partial charge in [0.15, 0.2) is 12.9 Å². The predicted octanol–water partition coefficient (Wildman–Crippen LogP) is 1.16. The number of terminal acetylenes is 1. The normalized spacial score (nSPS) is 9.80. The SMILES string of the molecule is C#CCOc1nc2ccccn2c1C=O. The van der Waals surface area contributed by atoms with Gasteiger partial charge in [-0.3, -0.25) is 9.20 Å². The molecule has 0 saturated heterocycles. The highest BCUT2D eigenvalue weighted by atomic mass is 16.5. The van der Waals surface area contributed by atoms with Crippen LogP contribution >= 0.6 is 0 Å². The van der Waals surface area contributed by atoms with Crippen molar-refractivity contribution in [1.82, 2.24) is 9.38 Å². The lowest BCUT2D eigenvalue weighted by molar-refractivity contribution is 0.111. The Morgan fingerprint density at radius 2 is 2.47 bits per heavy atom. The first-order valence-electron chi connectivity index (χ1n) is 4.35. The average molecular weight is 200 g/mol. The van der Waals surface area contributed by atoms with Gasteiger partial charge in [0, 0.05) is 6.20 Å².